The van der Waals surface area contributed by atoms with Gasteiger partial charge >= 0.3 is 11.9 Å². The molecule has 0 aromatic heterocycles. The molecule has 2 aromatic rings. The van der Waals surface area contributed by atoms with Gasteiger partial charge in [0.25, 0.3) is 0 Å². The van der Waals surface area contributed by atoms with E-state index in [1.54, 1.807) is 18.7 Å². The van der Waals surface area contributed by atoms with Gasteiger partial charge in [0.2, 0.25) is 6.10 Å². The normalized spacial score (nSPS) is 13.4. The van der Waals surface area contributed by atoms with Crippen molar-refractivity contribution in [1.82, 2.24) is 0 Å². The van der Waals surface area contributed by atoms with Gasteiger partial charge in [-0.05, 0) is 38.1 Å². The first-order valence-electron chi connectivity index (χ1n) is 8.57. The van der Waals surface area contributed by atoms with Crippen molar-refractivity contribution in [2.45, 2.75) is 36.7 Å². The second-order valence-electron chi connectivity index (χ2n) is 5.78. The number of fused-ring (bicyclic) bond motifs is 2. The minimum Gasteiger partial charge on any atom is -0.463 e. The van der Waals surface area contributed by atoms with Crippen LogP contribution < -0.4 is 4.90 Å². The first kappa shape index (κ1) is 18.3. The Morgan fingerprint density at radius 3 is 2.50 bits per heavy atom. The summed E-state index contributed by atoms with van der Waals surface area (Å²) in [5, 5.41) is 0. The molecule has 0 amide bonds. The van der Waals surface area contributed by atoms with Crippen molar-refractivity contribution >= 4 is 35.1 Å². The van der Waals surface area contributed by atoms with Crippen molar-refractivity contribution in [3.05, 3.63) is 48.0 Å². The Balaban J connectivity index is 2.00. The Hall–Kier alpha value is -2.47. The Kier molecular flexibility index (Phi) is 5.52. The van der Waals surface area contributed by atoms with Crippen LogP contribution in [-0.4, -0.2) is 25.1 Å². The Morgan fingerprint density at radius 1 is 1.08 bits per heavy atom. The van der Waals surface area contributed by atoms with Crippen molar-refractivity contribution in [2.24, 2.45) is 0 Å². The van der Waals surface area contributed by atoms with Gasteiger partial charge in [-0.15, -0.1) is 0 Å². The Labute approximate surface area is 157 Å². The van der Waals surface area contributed by atoms with E-state index in [2.05, 4.69) is 24.0 Å². The van der Waals surface area contributed by atoms with Crippen LogP contribution in [0.5, 0.6) is 0 Å². The molecule has 0 saturated carbocycles. The lowest BCUT2D eigenvalue weighted by Crippen LogP contribution is -2.23. The van der Waals surface area contributed by atoms with E-state index in [-0.39, 0.29) is 6.61 Å². The lowest BCUT2D eigenvalue weighted by Gasteiger charge is -2.32. The second-order valence-corrected chi connectivity index (χ2v) is 6.87. The third-order valence-corrected chi connectivity index (χ3v) is 5.17. The van der Waals surface area contributed by atoms with E-state index in [9.17, 15) is 9.59 Å². The molecule has 1 aliphatic heterocycles. The number of hydrogen-bond acceptors (Lipinski definition) is 6. The zero-order chi connectivity index (χ0) is 18.7. The SMILES string of the molecule is CCOC(=O)[C@@H](OC(C)=O)c1ccc2c(c1)Sc1ccccc1N2CC. The van der Waals surface area contributed by atoms with Crippen LogP contribution >= 0.6 is 11.8 Å². The number of rotatable bonds is 5. The van der Waals surface area contributed by atoms with Crippen LogP contribution in [0.25, 0.3) is 0 Å². The fourth-order valence-corrected chi connectivity index (χ4v) is 4.13. The minimum absolute atomic E-state index is 0.229. The maximum absolute atomic E-state index is 12.2. The van der Waals surface area contributed by atoms with E-state index in [0.717, 1.165) is 22.0 Å². The first-order valence-corrected chi connectivity index (χ1v) is 9.39. The van der Waals surface area contributed by atoms with Gasteiger partial charge in [-0.1, -0.05) is 30.0 Å². The number of para-hydroxylation sites is 1. The predicted molar refractivity (Wildman–Crippen MR) is 101 cm³/mol. The van der Waals surface area contributed by atoms with Crippen LogP contribution in [0.1, 0.15) is 32.4 Å². The van der Waals surface area contributed by atoms with Crippen molar-refractivity contribution in [3.8, 4) is 0 Å². The molecule has 0 fully saturated rings. The van der Waals surface area contributed by atoms with Crippen LogP contribution in [0.15, 0.2) is 52.3 Å². The summed E-state index contributed by atoms with van der Waals surface area (Å²) in [6.07, 6.45) is -1.05. The van der Waals surface area contributed by atoms with Crippen LogP contribution in [0.2, 0.25) is 0 Å². The maximum Gasteiger partial charge on any atom is 0.352 e. The van der Waals surface area contributed by atoms with Gasteiger partial charge in [0.05, 0.1) is 18.0 Å². The summed E-state index contributed by atoms with van der Waals surface area (Å²) >= 11 is 1.64. The minimum atomic E-state index is -1.05. The molecule has 5 nitrogen and oxygen atoms in total. The molecular formula is C20H21NO4S. The van der Waals surface area contributed by atoms with Crippen LogP contribution in [0.3, 0.4) is 0 Å². The number of anilines is 2. The molecule has 0 unspecified atom stereocenters. The monoisotopic (exact) mass is 371 g/mol. The quantitative estimate of drug-likeness (QED) is 0.723. The van der Waals surface area contributed by atoms with Gasteiger partial charge in [-0.3, -0.25) is 4.79 Å². The molecule has 3 rings (SSSR count). The lowest BCUT2D eigenvalue weighted by molar-refractivity contribution is -0.167. The molecule has 0 radical (unpaired) electrons. The zero-order valence-electron chi connectivity index (χ0n) is 15.0. The highest BCUT2D eigenvalue weighted by molar-refractivity contribution is 7.99. The summed E-state index contributed by atoms with van der Waals surface area (Å²) in [5.41, 5.74) is 2.85. The van der Waals surface area contributed by atoms with Gasteiger partial charge in [-0.2, -0.15) is 0 Å². The molecule has 6 heteroatoms. The molecule has 0 saturated heterocycles. The summed E-state index contributed by atoms with van der Waals surface area (Å²) in [6.45, 7) is 6.17. The third kappa shape index (κ3) is 3.55. The highest BCUT2D eigenvalue weighted by Crippen LogP contribution is 2.48. The summed E-state index contributed by atoms with van der Waals surface area (Å²) in [7, 11) is 0. The molecule has 26 heavy (non-hydrogen) atoms. The fourth-order valence-electron chi connectivity index (χ4n) is 2.99. The highest BCUT2D eigenvalue weighted by atomic mass is 32.2. The lowest BCUT2D eigenvalue weighted by atomic mass is 10.1. The number of nitrogens with zero attached hydrogens (tertiary/aromatic N) is 1. The van der Waals surface area contributed by atoms with E-state index < -0.39 is 18.0 Å². The van der Waals surface area contributed by atoms with Crippen molar-refractivity contribution in [2.75, 3.05) is 18.1 Å². The largest absolute Gasteiger partial charge is 0.463 e. The molecule has 0 bridgehead atoms. The number of ether oxygens (including phenoxy) is 2. The number of carbonyl (C=O) groups excluding carboxylic acids is 2. The van der Waals surface area contributed by atoms with E-state index in [1.165, 1.54) is 12.6 Å². The molecule has 1 atom stereocenters. The van der Waals surface area contributed by atoms with E-state index in [4.69, 9.17) is 9.47 Å². The molecule has 1 aliphatic rings. The predicted octanol–water partition coefficient (Wildman–Crippen LogP) is 4.48. The summed E-state index contributed by atoms with van der Waals surface area (Å²) in [6, 6.07) is 13.9. The van der Waals surface area contributed by atoms with Crippen molar-refractivity contribution < 1.29 is 19.1 Å². The molecule has 0 aliphatic carbocycles. The number of benzene rings is 2. The van der Waals surface area contributed by atoms with Gasteiger partial charge in [0.15, 0.2) is 0 Å². The van der Waals surface area contributed by atoms with Crippen molar-refractivity contribution in [1.29, 1.82) is 0 Å². The molecule has 0 spiro atoms. The molecule has 136 valence electrons. The van der Waals surface area contributed by atoms with Gasteiger partial charge in [0, 0.05) is 28.8 Å². The van der Waals surface area contributed by atoms with Crippen LogP contribution in [0.4, 0.5) is 11.4 Å². The number of esters is 2. The Morgan fingerprint density at radius 2 is 1.81 bits per heavy atom. The smallest absolute Gasteiger partial charge is 0.352 e. The topological polar surface area (TPSA) is 55.8 Å². The van der Waals surface area contributed by atoms with E-state index in [0.29, 0.717) is 5.56 Å². The molecule has 1 heterocycles. The zero-order valence-corrected chi connectivity index (χ0v) is 15.8. The molecule has 0 N–H and O–H groups in total. The summed E-state index contributed by atoms with van der Waals surface area (Å²) in [5.74, 6) is -1.08. The summed E-state index contributed by atoms with van der Waals surface area (Å²) in [4.78, 5) is 28.1. The van der Waals surface area contributed by atoms with Crippen molar-refractivity contribution in [3.63, 3.8) is 0 Å². The van der Waals surface area contributed by atoms with E-state index in [1.807, 2.05) is 30.3 Å². The average molecular weight is 371 g/mol. The molecule has 2 aromatic carbocycles. The summed E-state index contributed by atoms with van der Waals surface area (Å²) < 4.78 is 10.3. The van der Waals surface area contributed by atoms with E-state index >= 15 is 0 Å². The standard InChI is InChI=1S/C20H21NO4S/c1-4-21-15-8-6-7-9-17(15)26-18-12-14(10-11-16(18)21)19(25-13(3)22)20(23)24-5-2/h6-12,19H,4-5H2,1-3H3/t19-/m0/s1. The third-order valence-electron chi connectivity index (χ3n) is 4.05. The highest BCUT2D eigenvalue weighted by Gasteiger charge is 2.28. The van der Waals surface area contributed by atoms with Crippen LogP contribution in [0, 0.1) is 0 Å². The first-order chi connectivity index (χ1) is 12.5. The number of carbonyl (C=O) groups is 2. The molecular weight excluding hydrogens is 350 g/mol. The maximum atomic E-state index is 12.2. The number of hydrogen-bond donors (Lipinski definition) is 0. The van der Waals surface area contributed by atoms with Gasteiger partial charge < -0.3 is 14.4 Å². The Bertz CT molecular complexity index is 836. The van der Waals surface area contributed by atoms with Gasteiger partial charge in [-0.25, -0.2) is 4.79 Å². The fraction of sp³-hybridized carbons (Fsp3) is 0.300. The second kappa shape index (κ2) is 7.83. The van der Waals surface area contributed by atoms with Crippen LogP contribution in [-0.2, 0) is 19.1 Å². The van der Waals surface area contributed by atoms with Gasteiger partial charge in [0.1, 0.15) is 0 Å². The average Bonchev–Trinajstić information content (AvgIpc) is 2.63.